The Labute approximate surface area is 144 Å². The molecule has 3 heterocycles. The Kier molecular flexibility index (Phi) is 4.04. The molecule has 1 aromatic carbocycles. The number of benzene rings is 1. The average Bonchev–Trinajstić information content (AvgIpc) is 3.09. The molecule has 0 bridgehead atoms. The molecule has 25 heavy (non-hydrogen) atoms. The van der Waals surface area contributed by atoms with Gasteiger partial charge in [-0.05, 0) is 24.3 Å². The lowest BCUT2D eigenvalue weighted by Crippen LogP contribution is -2.33. The van der Waals surface area contributed by atoms with Crippen molar-refractivity contribution in [2.24, 2.45) is 0 Å². The maximum atomic E-state index is 12.1. The summed E-state index contributed by atoms with van der Waals surface area (Å²) in [5.41, 5.74) is 1.17. The van der Waals surface area contributed by atoms with E-state index >= 15 is 0 Å². The highest BCUT2D eigenvalue weighted by molar-refractivity contribution is 6.03. The van der Waals surface area contributed by atoms with Gasteiger partial charge in [0.15, 0.2) is 17.6 Å². The van der Waals surface area contributed by atoms with E-state index in [-0.39, 0.29) is 12.0 Å². The number of ether oxygens (including phenoxy) is 2. The summed E-state index contributed by atoms with van der Waals surface area (Å²) in [4.78, 5) is 16.0. The van der Waals surface area contributed by atoms with Crippen LogP contribution in [0, 0.1) is 0 Å². The van der Waals surface area contributed by atoms with Crippen LogP contribution in [0.2, 0.25) is 0 Å². The molecule has 0 saturated heterocycles. The fraction of sp³-hybridized carbons (Fsp3) is 0.167. The van der Waals surface area contributed by atoms with E-state index in [1.54, 1.807) is 41.6 Å². The van der Waals surface area contributed by atoms with Gasteiger partial charge >= 0.3 is 0 Å². The number of nitrogens with zero attached hydrogens (tertiary/aromatic N) is 3. The second-order valence-corrected chi connectivity index (χ2v) is 5.64. The fourth-order valence-electron chi connectivity index (χ4n) is 2.60. The average molecular weight is 336 g/mol. The van der Waals surface area contributed by atoms with Crippen LogP contribution in [0.5, 0.6) is 11.5 Å². The Hall–Kier alpha value is -3.35. The van der Waals surface area contributed by atoms with Crippen molar-refractivity contribution in [1.82, 2.24) is 14.8 Å². The van der Waals surface area contributed by atoms with E-state index in [0.29, 0.717) is 24.4 Å². The van der Waals surface area contributed by atoms with E-state index in [0.717, 1.165) is 11.5 Å². The minimum atomic E-state index is -0.201. The normalized spacial score (nSPS) is 15.6. The molecular formula is C18H16N4O3. The minimum absolute atomic E-state index is 0.140. The van der Waals surface area contributed by atoms with Crippen molar-refractivity contribution >= 4 is 11.6 Å². The number of nitrogens with one attached hydrogen (secondary N) is 1. The number of pyridine rings is 1. The largest absolute Gasteiger partial charge is 0.486 e. The quantitative estimate of drug-likeness (QED) is 0.791. The summed E-state index contributed by atoms with van der Waals surface area (Å²) in [6.07, 6.45) is 6.39. The van der Waals surface area contributed by atoms with Crippen molar-refractivity contribution in [2.75, 3.05) is 11.9 Å². The predicted molar refractivity (Wildman–Crippen MR) is 90.8 cm³/mol. The third-order valence-corrected chi connectivity index (χ3v) is 3.79. The number of amides is 1. The first-order valence-electron chi connectivity index (χ1n) is 7.90. The summed E-state index contributed by atoms with van der Waals surface area (Å²) < 4.78 is 13.3. The van der Waals surface area contributed by atoms with Gasteiger partial charge in [0.05, 0.1) is 18.4 Å². The van der Waals surface area contributed by atoms with E-state index in [4.69, 9.17) is 9.47 Å². The topological polar surface area (TPSA) is 78.3 Å². The van der Waals surface area contributed by atoms with Gasteiger partial charge in [0.25, 0.3) is 5.91 Å². The Morgan fingerprint density at radius 1 is 1.20 bits per heavy atom. The Morgan fingerprint density at radius 3 is 2.84 bits per heavy atom. The SMILES string of the molecule is O=C(Nc1cnn(C[C@@H]2COc3ccccc3O2)c1)c1ccncc1. The van der Waals surface area contributed by atoms with Crippen molar-refractivity contribution in [3.63, 3.8) is 0 Å². The predicted octanol–water partition coefficient (Wildman–Crippen LogP) is 2.37. The minimum Gasteiger partial charge on any atom is -0.486 e. The maximum Gasteiger partial charge on any atom is 0.255 e. The summed E-state index contributed by atoms with van der Waals surface area (Å²) in [7, 11) is 0. The first-order valence-corrected chi connectivity index (χ1v) is 7.90. The third kappa shape index (κ3) is 3.45. The second kappa shape index (κ2) is 6.64. The molecule has 7 heteroatoms. The van der Waals surface area contributed by atoms with Crippen LogP contribution in [-0.2, 0) is 6.54 Å². The monoisotopic (exact) mass is 336 g/mol. The number of rotatable bonds is 4. The van der Waals surface area contributed by atoms with Crippen LogP contribution >= 0.6 is 0 Å². The lowest BCUT2D eigenvalue weighted by molar-refractivity contribution is 0.0759. The highest BCUT2D eigenvalue weighted by Crippen LogP contribution is 2.31. The van der Waals surface area contributed by atoms with Crippen LogP contribution in [-0.4, -0.2) is 33.4 Å². The lowest BCUT2D eigenvalue weighted by atomic mass is 10.2. The lowest BCUT2D eigenvalue weighted by Gasteiger charge is -2.26. The highest BCUT2D eigenvalue weighted by Gasteiger charge is 2.21. The Morgan fingerprint density at radius 2 is 2.00 bits per heavy atom. The molecule has 1 amide bonds. The summed E-state index contributed by atoms with van der Waals surface area (Å²) in [6, 6.07) is 10.9. The van der Waals surface area contributed by atoms with E-state index in [9.17, 15) is 4.79 Å². The number of para-hydroxylation sites is 2. The van der Waals surface area contributed by atoms with Gasteiger partial charge in [-0.3, -0.25) is 14.5 Å². The molecule has 0 unspecified atom stereocenters. The van der Waals surface area contributed by atoms with Gasteiger partial charge in [0.2, 0.25) is 0 Å². The van der Waals surface area contributed by atoms with Crippen molar-refractivity contribution in [2.45, 2.75) is 12.6 Å². The Bertz CT molecular complexity index is 879. The number of aromatic nitrogens is 3. The summed E-state index contributed by atoms with van der Waals surface area (Å²) in [5.74, 6) is 1.29. The van der Waals surface area contributed by atoms with Gasteiger partial charge in [-0.15, -0.1) is 0 Å². The first-order chi connectivity index (χ1) is 12.3. The molecule has 1 aliphatic rings. The molecule has 0 aliphatic carbocycles. The molecule has 1 atom stereocenters. The fourth-order valence-corrected chi connectivity index (χ4v) is 2.60. The summed E-state index contributed by atoms with van der Waals surface area (Å²) in [6.45, 7) is 0.981. The smallest absolute Gasteiger partial charge is 0.255 e. The number of hydrogen-bond donors (Lipinski definition) is 1. The van der Waals surface area contributed by atoms with E-state index in [1.807, 2.05) is 24.3 Å². The number of hydrogen-bond acceptors (Lipinski definition) is 5. The van der Waals surface area contributed by atoms with Crippen molar-refractivity contribution < 1.29 is 14.3 Å². The molecular weight excluding hydrogens is 320 g/mol. The maximum absolute atomic E-state index is 12.1. The number of anilines is 1. The van der Waals surface area contributed by atoms with E-state index in [1.165, 1.54) is 0 Å². The van der Waals surface area contributed by atoms with Gasteiger partial charge in [-0.25, -0.2) is 0 Å². The molecule has 4 rings (SSSR count). The third-order valence-electron chi connectivity index (χ3n) is 3.79. The molecule has 0 spiro atoms. The van der Waals surface area contributed by atoms with Gasteiger partial charge < -0.3 is 14.8 Å². The number of carbonyl (C=O) groups excluding carboxylic acids is 1. The zero-order chi connectivity index (χ0) is 17.1. The van der Waals surface area contributed by atoms with Crippen molar-refractivity contribution in [3.8, 4) is 11.5 Å². The van der Waals surface area contributed by atoms with Crippen LogP contribution in [0.25, 0.3) is 0 Å². The zero-order valence-corrected chi connectivity index (χ0v) is 13.3. The zero-order valence-electron chi connectivity index (χ0n) is 13.3. The Balaban J connectivity index is 1.38. The van der Waals surface area contributed by atoms with Crippen LogP contribution in [0.4, 0.5) is 5.69 Å². The molecule has 126 valence electrons. The molecule has 3 aromatic rings. The standard InChI is InChI=1S/C18H16N4O3/c23-18(13-5-7-19-8-6-13)21-14-9-20-22(10-14)11-15-12-24-16-3-1-2-4-17(16)25-15/h1-10,15H,11-12H2,(H,21,23)/t15-/m1/s1. The number of fused-ring (bicyclic) bond motifs is 1. The van der Waals surface area contributed by atoms with Gasteiger partial charge in [-0.2, -0.15) is 5.10 Å². The molecule has 1 aliphatic heterocycles. The van der Waals surface area contributed by atoms with Crippen molar-refractivity contribution in [3.05, 3.63) is 66.7 Å². The first kappa shape index (κ1) is 15.2. The van der Waals surface area contributed by atoms with Crippen LogP contribution in [0.1, 0.15) is 10.4 Å². The van der Waals surface area contributed by atoms with E-state index in [2.05, 4.69) is 15.4 Å². The van der Waals surface area contributed by atoms with Crippen LogP contribution < -0.4 is 14.8 Å². The van der Waals surface area contributed by atoms with Crippen LogP contribution in [0.3, 0.4) is 0 Å². The van der Waals surface area contributed by atoms with Crippen LogP contribution in [0.15, 0.2) is 61.2 Å². The highest BCUT2D eigenvalue weighted by atomic mass is 16.6. The van der Waals surface area contributed by atoms with E-state index < -0.39 is 0 Å². The van der Waals surface area contributed by atoms with Gasteiger partial charge in [0, 0.05) is 24.2 Å². The molecule has 2 aromatic heterocycles. The molecule has 7 nitrogen and oxygen atoms in total. The number of carbonyl (C=O) groups is 1. The van der Waals surface area contributed by atoms with Crippen molar-refractivity contribution in [1.29, 1.82) is 0 Å². The molecule has 1 N–H and O–H groups in total. The second-order valence-electron chi connectivity index (χ2n) is 5.64. The molecule has 0 saturated carbocycles. The van der Waals surface area contributed by atoms with Gasteiger partial charge in [-0.1, -0.05) is 12.1 Å². The molecule has 0 fully saturated rings. The molecule has 0 radical (unpaired) electrons. The summed E-state index contributed by atoms with van der Waals surface area (Å²) >= 11 is 0. The van der Waals surface area contributed by atoms with Gasteiger partial charge in [0.1, 0.15) is 6.61 Å². The summed E-state index contributed by atoms with van der Waals surface area (Å²) in [5, 5.41) is 7.08.